The van der Waals surface area contributed by atoms with E-state index in [9.17, 15) is 4.79 Å². The van der Waals surface area contributed by atoms with Gasteiger partial charge in [-0.3, -0.25) is 0 Å². The highest BCUT2D eigenvalue weighted by atomic mass is 16.4. The standard InChI is InChI=1S/C11H18O2/c1-4-5-6-7-8-9(2)10(3)11(12)13/h2-8H2,1H3,(H,12,13). The largest absolute Gasteiger partial charge is 0.478 e. The second-order valence-corrected chi connectivity index (χ2v) is 3.20. The molecule has 0 rings (SSSR count). The minimum atomic E-state index is -0.958. The zero-order chi connectivity index (χ0) is 10.3. The Kier molecular flexibility index (Phi) is 5.94. The smallest absolute Gasteiger partial charge is 0.335 e. The number of rotatable bonds is 7. The van der Waals surface area contributed by atoms with Gasteiger partial charge in [0.25, 0.3) is 0 Å². The normalized spacial score (nSPS) is 9.62. The molecule has 0 heterocycles. The molecule has 0 aliphatic carbocycles. The zero-order valence-corrected chi connectivity index (χ0v) is 8.31. The Bertz CT molecular complexity index is 204. The topological polar surface area (TPSA) is 37.3 Å². The first-order chi connectivity index (χ1) is 6.09. The Morgan fingerprint density at radius 3 is 2.31 bits per heavy atom. The van der Waals surface area contributed by atoms with E-state index in [2.05, 4.69) is 20.1 Å². The summed E-state index contributed by atoms with van der Waals surface area (Å²) in [7, 11) is 0. The third kappa shape index (κ3) is 5.23. The monoisotopic (exact) mass is 182 g/mol. The van der Waals surface area contributed by atoms with Crippen LogP contribution in [0, 0.1) is 0 Å². The van der Waals surface area contributed by atoms with Crippen molar-refractivity contribution in [2.75, 3.05) is 0 Å². The van der Waals surface area contributed by atoms with Gasteiger partial charge in [0, 0.05) is 0 Å². The molecule has 0 atom stereocenters. The average Bonchev–Trinajstić information content (AvgIpc) is 2.10. The molecule has 0 aromatic heterocycles. The number of carbonyl (C=O) groups is 1. The van der Waals surface area contributed by atoms with E-state index in [-0.39, 0.29) is 5.57 Å². The molecule has 2 nitrogen and oxygen atoms in total. The Hall–Kier alpha value is -1.05. The van der Waals surface area contributed by atoms with Gasteiger partial charge in [-0.1, -0.05) is 39.3 Å². The lowest BCUT2D eigenvalue weighted by molar-refractivity contribution is -0.132. The Morgan fingerprint density at radius 1 is 1.23 bits per heavy atom. The second kappa shape index (κ2) is 6.46. The number of hydrogen-bond acceptors (Lipinski definition) is 1. The molecular formula is C11H18O2. The number of aliphatic carboxylic acids is 1. The molecule has 0 aliphatic heterocycles. The molecule has 2 heteroatoms. The summed E-state index contributed by atoms with van der Waals surface area (Å²) in [4.78, 5) is 10.5. The Labute approximate surface area is 80.0 Å². The van der Waals surface area contributed by atoms with Gasteiger partial charge >= 0.3 is 5.97 Å². The second-order valence-electron chi connectivity index (χ2n) is 3.20. The van der Waals surface area contributed by atoms with Crippen LogP contribution < -0.4 is 0 Å². The van der Waals surface area contributed by atoms with E-state index in [0.29, 0.717) is 5.57 Å². The van der Waals surface area contributed by atoms with Crippen molar-refractivity contribution in [3.8, 4) is 0 Å². The minimum absolute atomic E-state index is 0.150. The van der Waals surface area contributed by atoms with Gasteiger partial charge in [0.05, 0.1) is 5.57 Å². The van der Waals surface area contributed by atoms with Crippen molar-refractivity contribution in [1.29, 1.82) is 0 Å². The highest BCUT2D eigenvalue weighted by Gasteiger charge is 2.07. The number of unbranched alkanes of at least 4 members (excludes halogenated alkanes) is 3. The fraction of sp³-hybridized carbons (Fsp3) is 0.545. The van der Waals surface area contributed by atoms with Crippen LogP contribution in [0.4, 0.5) is 0 Å². The maximum Gasteiger partial charge on any atom is 0.335 e. The Morgan fingerprint density at radius 2 is 1.85 bits per heavy atom. The molecule has 0 radical (unpaired) electrons. The SMILES string of the molecule is C=C(CCCCCC)C(=C)C(=O)O. The van der Waals surface area contributed by atoms with Crippen LogP contribution in [0.2, 0.25) is 0 Å². The molecule has 74 valence electrons. The lowest BCUT2D eigenvalue weighted by Crippen LogP contribution is -2.01. The van der Waals surface area contributed by atoms with E-state index < -0.39 is 5.97 Å². The van der Waals surface area contributed by atoms with E-state index in [0.717, 1.165) is 19.3 Å². The van der Waals surface area contributed by atoms with E-state index in [1.807, 2.05) is 0 Å². The van der Waals surface area contributed by atoms with Crippen molar-refractivity contribution >= 4 is 5.97 Å². The van der Waals surface area contributed by atoms with E-state index in [4.69, 9.17) is 5.11 Å². The highest BCUT2D eigenvalue weighted by molar-refractivity contribution is 5.90. The molecule has 0 saturated carbocycles. The van der Waals surface area contributed by atoms with Crippen LogP contribution in [-0.2, 0) is 4.79 Å². The van der Waals surface area contributed by atoms with Crippen molar-refractivity contribution in [2.24, 2.45) is 0 Å². The number of hydrogen-bond donors (Lipinski definition) is 1. The van der Waals surface area contributed by atoms with Crippen molar-refractivity contribution in [3.63, 3.8) is 0 Å². The van der Waals surface area contributed by atoms with Gasteiger partial charge in [0.2, 0.25) is 0 Å². The van der Waals surface area contributed by atoms with Gasteiger partial charge in [-0.2, -0.15) is 0 Å². The summed E-state index contributed by atoms with van der Waals surface area (Å²) in [6.45, 7) is 9.29. The minimum Gasteiger partial charge on any atom is -0.478 e. The van der Waals surface area contributed by atoms with Crippen LogP contribution >= 0.6 is 0 Å². The summed E-state index contributed by atoms with van der Waals surface area (Å²) in [6, 6.07) is 0. The van der Waals surface area contributed by atoms with Crippen LogP contribution in [0.5, 0.6) is 0 Å². The first-order valence-corrected chi connectivity index (χ1v) is 4.70. The highest BCUT2D eigenvalue weighted by Crippen LogP contribution is 2.14. The molecule has 0 aromatic carbocycles. The Balaban J connectivity index is 3.63. The van der Waals surface area contributed by atoms with Crippen LogP contribution in [0.3, 0.4) is 0 Å². The summed E-state index contributed by atoms with van der Waals surface area (Å²) in [5.74, 6) is -0.958. The molecule has 1 N–H and O–H groups in total. The van der Waals surface area contributed by atoms with Crippen LogP contribution in [0.15, 0.2) is 24.3 Å². The first kappa shape index (κ1) is 11.9. The summed E-state index contributed by atoms with van der Waals surface area (Å²) in [6.07, 6.45) is 5.30. The molecule has 0 fully saturated rings. The van der Waals surface area contributed by atoms with E-state index in [1.54, 1.807) is 0 Å². The molecule has 0 saturated heterocycles. The van der Waals surface area contributed by atoms with E-state index in [1.165, 1.54) is 12.8 Å². The first-order valence-electron chi connectivity index (χ1n) is 4.70. The van der Waals surface area contributed by atoms with Crippen LogP contribution in [-0.4, -0.2) is 11.1 Å². The van der Waals surface area contributed by atoms with Gasteiger partial charge in [-0.05, 0) is 18.4 Å². The van der Waals surface area contributed by atoms with Gasteiger partial charge in [0.1, 0.15) is 0 Å². The maximum atomic E-state index is 10.5. The molecule has 0 aromatic rings. The van der Waals surface area contributed by atoms with Crippen molar-refractivity contribution in [1.82, 2.24) is 0 Å². The molecule has 0 aliphatic rings. The molecule has 0 bridgehead atoms. The quantitative estimate of drug-likeness (QED) is 0.373. The number of carboxylic acid groups (broad SMARTS) is 1. The predicted molar refractivity (Wildman–Crippen MR) is 54.7 cm³/mol. The van der Waals surface area contributed by atoms with Gasteiger partial charge in [0.15, 0.2) is 0 Å². The van der Waals surface area contributed by atoms with Gasteiger partial charge in [-0.15, -0.1) is 0 Å². The lowest BCUT2D eigenvalue weighted by atomic mass is 10.0. The fourth-order valence-corrected chi connectivity index (χ4v) is 1.07. The molecular weight excluding hydrogens is 164 g/mol. The third-order valence-electron chi connectivity index (χ3n) is 2.02. The lowest BCUT2D eigenvalue weighted by Gasteiger charge is -2.04. The van der Waals surface area contributed by atoms with Crippen molar-refractivity contribution in [3.05, 3.63) is 24.3 Å². The van der Waals surface area contributed by atoms with Gasteiger partial charge in [-0.25, -0.2) is 4.79 Å². The van der Waals surface area contributed by atoms with E-state index >= 15 is 0 Å². The summed E-state index contributed by atoms with van der Waals surface area (Å²) in [5, 5.41) is 8.59. The molecule has 0 unspecified atom stereocenters. The average molecular weight is 182 g/mol. The van der Waals surface area contributed by atoms with Crippen LogP contribution in [0.25, 0.3) is 0 Å². The van der Waals surface area contributed by atoms with Gasteiger partial charge < -0.3 is 5.11 Å². The van der Waals surface area contributed by atoms with Crippen molar-refractivity contribution < 1.29 is 9.90 Å². The molecule has 0 spiro atoms. The summed E-state index contributed by atoms with van der Waals surface area (Å²) >= 11 is 0. The van der Waals surface area contributed by atoms with Crippen molar-refractivity contribution in [2.45, 2.75) is 39.0 Å². The zero-order valence-electron chi connectivity index (χ0n) is 8.31. The summed E-state index contributed by atoms with van der Waals surface area (Å²) < 4.78 is 0. The molecule has 0 amide bonds. The molecule has 13 heavy (non-hydrogen) atoms. The fourth-order valence-electron chi connectivity index (χ4n) is 1.07. The predicted octanol–water partition coefficient (Wildman–Crippen LogP) is 3.15. The third-order valence-corrected chi connectivity index (χ3v) is 2.02. The van der Waals surface area contributed by atoms with Crippen LogP contribution in [0.1, 0.15) is 39.0 Å². The summed E-state index contributed by atoms with van der Waals surface area (Å²) in [5.41, 5.74) is 0.806. The maximum absolute atomic E-state index is 10.5. The number of carboxylic acids is 1.